The highest BCUT2D eigenvalue weighted by Crippen LogP contribution is 2.16. The number of imidazole rings is 1. The van der Waals surface area contributed by atoms with E-state index in [0.717, 1.165) is 11.3 Å². The number of nitrogens with one attached hydrogen (secondary N) is 2. The van der Waals surface area contributed by atoms with Gasteiger partial charge in [-0.25, -0.2) is 9.78 Å². The third kappa shape index (κ3) is 4.82. The molecule has 0 fully saturated rings. The molecule has 2 N–H and O–H groups in total. The molecule has 0 aliphatic carbocycles. The van der Waals surface area contributed by atoms with Gasteiger partial charge in [0.15, 0.2) is 0 Å². The quantitative estimate of drug-likeness (QED) is 0.877. The summed E-state index contributed by atoms with van der Waals surface area (Å²) in [5.41, 5.74) is 1.43. The van der Waals surface area contributed by atoms with Crippen LogP contribution in [0.4, 0.5) is 10.6 Å². The van der Waals surface area contributed by atoms with Crippen LogP contribution in [0.15, 0.2) is 18.7 Å². The number of aryl methyl sites for hydroxylation is 2. The summed E-state index contributed by atoms with van der Waals surface area (Å²) in [5, 5.41) is 10.3. The molecular formula is C15H24N6O2. The summed E-state index contributed by atoms with van der Waals surface area (Å²) in [6, 6.07) is 0. The van der Waals surface area contributed by atoms with E-state index in [0.29, 0.717) is 18.9 Å². The second-order valence-corrected chi connectivity index (χ2v) is 6.37. The van der Waals surface area contributed by atoms with E-state index in [1.54, 1.807) is 24.3 Å². The molecule has 0 aliphatic rings. The lowest BCUT2D eigenvalue weighted by Crippen LogP contribution is -2.28. The lowest BCUT2D eigenvalue weighted by Gasteiger charge is -2.20. The van der Waals surface area contributed by atoms with Crippen LogP contribution in [0.3, 0.4) is 0 Å². The molecule has 0 aliphatic heterocycles. The molecule has 126 valence electrons. The van der Waals surface area contributed by atoms with Crippen LogP contribution in [0.25, 0.3) is 0 Å². The highest BCUT2D eigenvalue weighted by molar-refractivity contribution is 5.84. The minimum Gasteiger partial charge on any atom is -0.444 e. The van der Waals surface area contributed by atoms with Crippen LogP contribution in [0.5, 0.6) is 0 Å². The number of rotatable bonds is 5. The van der Waals surface area contributed by atoms with Crippen molar-refractivity contribution in [2.24, 2.45) is 14.1 Å². The Balaban J connectivity index is 1.95. The van der Waals surface area contributed by atoms with E-state index in [9.17, 15) is 4.79 Å². The SMILES string of the molecule is Cn1cncc1CNCc1cnn(C)c1NC(=O)OC(C)(C)C. The van der Waals surface area contributed by atoms with Crippen molar-refractivity contribution >= 4 is 11.9 Å². The molecule has 0 radical (unpaired) electrons. The number of carbonyl (C=O) groups excluding carboxylic acids is 1. The largest absolute Gasteiger partial charge is 0.444 e. The molecule has 2 aromatic rings. The molecule has 8 nitrogen and oxygen atoms in total. The molecule has 1 amide bonds. The standard InChI is InChI=1S/C15H24N6O2/c1-15(2,3)23-14(22)19-13-11(7-18-21(13)5)6-16-8-12-9-17-10-20(12)4/h7,9-10,16H,6,8H2,1-5H3,(H,19,22). The Labute approximate surface area is 135 Å². The number of ether oxygens (including phenoxy) is 1. The van der Waals surface area contributed by atoms with Crippen molar-refractivity contribution in [2.75, 3.05) is 5.32 Å². The van der Waals surface area contributed by atoms with Crippen LogP contribution in [0, 0.1) is 0 Å². The molecule has 2 rings (SSSR count). The molecule has 0 saturated heterocycles. The van der Waals surface area contributed by atoms with Gasteiger partial charge in [0.25, 0.3) is 0 Å². The number of aromatic nitrogens is 4. The van der Waals surface area contributed by atoms with Gasteiger partial charge in [0.1, 0.15) is 11.4 Å². The van der Waals surface area contributed by atoms with E-state index in [1.165, 1.54) is 0 Å². The predicted molar refractivity (Wildman–Crippen MR) is 86.8 cm³/mol. The minimum atomic E-state index is -0.541. The minimum absolute atomic E-state index is 0.492. The molecule has 0 spiro atoms. The molecule has 0 saturated carbocycles. The second kappa shape index (κ2) is 6.82. The highest BCUT2D eigenvalue weighted by atomic mass is 16.6. The first kappa shape index (κ1) is 17.0. The molecule has 8 heteroatoms. The lowest BCUT2D eigenvalue weighted by molar-refractivity contribution is 0.0634. The number of anilines is 1. The highest BCUT2D eigenvalue weighted by Gasteiger charge is 2.19. The van der Waals surface area contributed by atoms with Gasteiger partial charge in [-0.15, -0.1) is 0 Å². The average molecular weight is 320 g/mol. The van der Waals surface area contributed by atoms with Crippen molar-refractivity contribution in [3.63, 3.8) is 0 Å². The number of carbonyl (C=O) groups is 1. The van der Waals surface area contributed by atoms with Gasteiger partial charge in [-0.1, -0.05) is 0 Å². The van der Waals surface area contributed by atoms with Crippen LogP contribution in [0.1, 0.15) is 32.0 Å². The summed E-state index contributed by atoms with van der Waals surface area (Å²) in [4.78, 5) is 16.0. The van der Waals surface area contributed by atoms with Crippen LogP contribution in [0.2, 0.25) is 0 Å². The van der Waals surface area contributed by atoms with Gasteiger partial charge >= 0.3 is 6.09 Å². The second-order valence-electron chi connectivity index (χ2n) is 6.37. The summed E-state index contributed by atoms with van der Waals surface area (Å²) in [6.07, 6.45) is 4.81. The Morgan fingerprint density at radius 2 is 2.00 bits per heavy atom. The number of nitrogens with zero attached hydrogens (tertiary/aromatic N) is 4. The number of hydrogen-bond acceptors (Lipinski definition) is 5. The molecule has 0 aromatic carbocycles. The summed E-state index contributed by atoms with van der Waals surface area (Å²) >= 11 is 0. The van der Waals surface area contributed by atoms with Crippen molar-refractivity contribution in [1.82, 2.24) is 24.6 Å². The Morgan fingerprint density at radius 1 is 1.26 bits per heavy atom. The zero-order valence-corrected chi connectivity index (χ0v) is 14.3. The first-order chi connectivity index (χ1) is 10.8. The monoisotopic (exact) mass is 320 g/mol. The maximum absolute atomic E-state index is 11.9. The van der Waals surface area contributed by atoms with Gasteiger partial charge in [0, 0.05) is 38.9 Å². The van der Waals surface area contributed by atoms with Crippen LogP contribution in [-0.2, 0) is 31.9 Å². The summed E-state index contributed by atoms with van der Waals surface area (Å²) < 4.78 is 8.85. The van der Waals surface area contributed by atoms with Crippen LogP contribution >= 0.6 is 0 Å². The van der Waals surface area contributed by atoms with E-state index in [4.69, 9.17) is 4.74 Å². The third-order valence-corrected chi connectivity index (χ3v) is 3.17. The number of hydrogen-bond donors (Lipinski definition) is 2. The Morgan fingerprint density at radius 3 is 2.61 bits per heavy atom. The van der Waals surface area contributed by atoms with Gasteiger partial charge in [-0.05, 0) is 20.8 Å². The normalized spacial score (nSPS) is 11.5. The van der Waals surface area contributed by atoms with Gasteiger partial charge in [-0.2, -0.15) is 5.10 Å². The maximum Gasteiger partial charge on any atom is 0.413 e. The van der Waals surface area contributed by atoms with E-state index < -0.39 is 11.7 Å². The summed E-state index contributed by atoms with van der Waals surface area (Å²) in [6.45, 7) is 6.73. The fraction of sp³-hybridized carbons (Fsp3) is 0.533. The van der Waals surface area contributed by atoms with E-state index >= 15 is 0 Å². The predicted octanol–water partition coefficient (Wildman–Crippen LogP) is 1.79. The van der Waals surface area contributed by atoms with E-state index in [-0.39, 0.29) is 0 Å². The van der Waals surface area contributed by atoms with Crippen LogP contribution < -0.4 is 10.6 Å². The van der Waals surface area contributed by atoms with Crippen molar-refractivity contribution in [2.45, 2.75) is 39.5 Å². The molecule has 2 aromatic heterocycles. The van der Waals surface area contributed by atoms with Crippen LogP contribution in [-0.4, -0.2) is 31.0 Å². The first-order valence-corrected chi connectivity index (χ1v) is 7.43. The Kier molecular flexibility index (Phi) is 5.05. The summed E-state index contributed by atoms with van der Waals surface area (Å²) in [7, 11) is 3.72. The molecule has 23 heavy (non-hydrogen) atoms. The zero-order chi connectivity index (χ0) is 17.0. The van der Waals surface area contributed by atoms with E-state index in [1.807, 2.05) is 38.6 Å². The number of amides is 1. The van der Waals surface area contributed by atoms with Crippen molar-refractivity contribution < 1.29 is 9.53 Å². The zero-order valence-electron chi connectivity index (χ0n) is 14.3. The van der Waals surface area contributed by atoms with E-state index in [2.05, 4.69) is 20.7 Å². The molecule has 0 unspecified atom stereocenters. The first-order valence-electron chi connectivity index (χ1n) is 7.43. The van der Waals surface area contributed by atoms with Crippen molar-refractivity contribution in [1.29, 1.82) is 0 Å². The topological polar surface area (TPSA) is 86.0 Å². The van der Waals surface area contributed by atoms with Gasteiger partial charge in [-0.3, -0.25) is 10.00 Å². The van der Waals surface area contributed by atoms with Gasteiger partial charge < -0.3 is 14.6 Å². The summed E-state index contributed by atoms with van der Waals surface area (Å²) in [5.74, 6) is 0.622. The smallest absolute Gasteiger partial charge is 0.413 e. The lowest BCUT2D eigenvalue weighted by atomic mass is 10.2. The van der Waals surface area contributed by atoms with Gasteiger partial charge in [0.2, 0.25) is 0 Å². The molecular weight excluding hydrogens is 296 g/mol. The van der Waals surface area contributed by atoms with Crippen molar-refractivity contribution in [3.05, 3.63) is 30.0 Å². The molecule has 2 heterocycles. The third-order valence-electron chi connectivity index (χ3n) is 3.17. The fourth-order valence-electron chi connectivity index (χ4n) is 2.05. The fourth-order valence-corrected chi connectivity index (χ4v) is 2.05. The molecule has 0 bridgehead atoms. The average Bonchev–Trinajstić information content (AvgIpc) is 2.97. The Bertz CT molecular complexity index is 668. The maximum atomic E-state index is 11.9. The van der Waals surface area contributed by atoms with Gasteiger partial charge in [0.05, 0.1) is 18.2 Å². The Hall–Kier alpha value is -2.35. The molecule has 0 atom stereocenters. The van der Waals surface area contributed by atoms with Crippen molar-refractivity contribution in [3.8, 4) is 0 Å².